The lowest BCUT2D eigenvalue weighted by molar-refractivity contribution is 0.134. The Kier molecular flexibility index (Phi) is 6.37. The van der Waals surface area contributed by atoms with Crippen molar-refractivity contribution in [3.8, 4) is 11.5 Å². The molecule has 1 aliphatic carbocycles. The second-order valence-corrected chi connectivity index (χ2v) is 6.16. The average Bonchev–Trinajstić information content (AvgIpc) is 2.50. The summed E-state index contributed by atoms with van der Waals surface area (Å²) in [6, 6.07) is 6.16. The molecule has 0 bridgehead atoms. The Hall–Kier alpha value is -1.22. The fraction of sp³-hybridized carbons (Fsp3) is 0.667. The first kappa shape index (κ1) is 16.2. The molecule has 0 aromatic heterocycles. The zero-order chi connectivity index (χ0) is 15.1. The highest BCUT2D eigenvalue weighted by atomic mass is 16.5. The second kappa shape index (κ2) is 8.28. The van der Waals surface area contributed by atoms with E-state index in [0.717, 1.165) is 49.7 Å². The molecule has 2 N–H and O–H groups in total. The van der Waals surface area contributed by atoms with Gasteiger partial charge < -0.3 is 15.2 Å². The van der Waals surface area contributed by atoms with Gasteiger partial charge in [-0.25, -0.2) is 0 Å². The minimum absolute atomic E-state index is 0.346. The van der Waals surface area contributed by atoms with Gasteiger partial charge in [0.15, 0.2) is 0 Å². The van der Waals surface area contributed by atoms with Gasteiger partial charge in [0.2, 0.25) is 0 Å². The number of ether oxygens (including phenoxy) is 2. The lowest BCUT2D eigenvalue weighted by atomic mass is 9.89. The number of rotatable bonds is 7. The molecule has 0 saturated heterocycles. The van der Waals surface area contributed by atoms with Crippen molar-refractivity contribution in [3.05, 3.63) is 23.8 Å². The van der Waals surface area contributed by atoms with E-state index in [2.05, 4.69) is 19.9 Å². The normalized spacial score (nSPS) is 22.0. The molecule has 2 rings (SSSR count). The monoisotopic (exact) mass is 291 g/mol. The van der Waals surface area contributed by atoms with Crippen LogP contribution in [0.2, 0.25) is 0 Å². The lowest BCUT2D eigenvalue weighted by Gasteiger charge is -2.28. The standard InChI is InChI=1S/C18H29NO2/c1-3-12-20-17-9-6-15(10-11-19)18(13-17)21-16-7-4-14(2)5-8-16/h6,9,13-14,16H,3-5,7-8,10-12,19H2,1-2H3. The summed E-state index contributed by atoms with van der Waals surface area (Å²) in [7, 11) is 0. The molecule has 0 radical (unpaired) electrons. The van der Waals surface area contributed by atoms with E-state index in [-0.39, 0.29) is 0 Å². The first-order valence-corrected chi connectivity index (χ1v) is 8.35. The highest BCUT2D eigenvalue weighted by Crippen LogP contribution is 2.31. The van der Waals surface area contributed by atoms with Gasteiger partial charge >= 0.3 is 0 Å². The third kappa shape index (κ3) is 4.92. The smallest absolute Gasteiger partial charge is 0.126 e. The van der Waals surface area contributed by atoms with E-state index in [0.29, 0.717) is 12.6 Å². The van der Waals surface area contributed by atoms with E-state index in [4.69, 9.17) is 15.2 Å². The highest BCUT2D eigenvalue weighted by Gasteiger charge is 2.20. The van der Waals surface area contributed by atoms with Crippen molar-refractivity contribution in [3.63, 3.8) is 0 Å². The van der Waals surface area contributed by atoms with E-state index < -0.39 is 0 Å². The van der Waals surface area contributed by atoms with E-state index in [1.54, 1.807) is 0 Å². The number of hydrogen-bond donors (Lipinski definition) is 1. The highest BCUT2D eigenvalue weighted by molar-refractivity contribution is 5.41. The maximum atomic E-state index is 6.27. The molecule has 1 aromatic rings. The van der Waals surface area contributed by atoms with Crippen LogP contribution in [0.15, 0.2) is 18.2 Å². The summed E-state index contributed by atoms with van der Waals surface area (Å²) in [5.41, 5.74) is 6.91. The molecule has 0 heterocycles. The van der Waals surface area contributed by atoms with Gasteiger partial charge in [0.1, 0.15) is 11.5 Å². The van der Waals surface area contributed by atoms with E-state index in [1.807, 2.05) is 12.1 Å². The molecule has 0 amide bonds. The summed E-state index contributed by atoms with van der Waals surface area (Å²) in [6.45, 7) is 5.84. The molecule has 21 heavy (non-hydrogen) atoms. The average molecular weight is 291 g/mol. The second-order valence-electron chi connectivity index (χ2n) is 6.16. The Labute approximate surface area is 128 Å². The third-order valence-corrected chi connectivity index (χ3v) is 4.18. The maximum Gasteiger partial charge on any atom is 0.126 e. The largest absolute Gasteiger partial charge is 0.493 e. The van der Waals surface area contributed by atoms with Crippen molar-refractivity contribution in [2.45, 2.75) is 58.5 Å². The Balaban J connectivity index is 2.06. The van der Waals surface area contributed by atoms with Crippen LogP contribution in [-0.2, 0) is 6.42 Å². The molecule has 0 aliphatic heterocycles. The van der Waals surface area contributed by atoms with Crippen LogP contribution in [0.5, 0.6) is 11.5 Å². The van der Waals surface area contributed by atoms with Crippen molar-refractivity contribution >= 4 is 0 Å². The Morgan fingerprint density at radius 1 is 1.19 bits per heavy atom. The Morgan fingerprint density at radius 2 is 1.95 bits per heavy atom. The molecule has 0 atom stereocenters. The minimum Gasteiger partial charge on any atom is -0.493 e. The van der Waals surface area contributed by atoms with Crippen LogP contribution in [0, 0.1) is 5.92 Å². The minimum atomic E-state index is 0.346. The molecule has 0 spiro atoms. The van der Waals surface area contributed by atoms with Crippen molar-refractivity contribution in [2.24, 2.45) is 11.7 Å². The molecule has 1 aromatic carbocycles. The molecule has 1 fully saturated rings. The van der Waals surface area contributed by atoms with E-state index >= 15 is 0 Å². The maximum absolute atomic E-state index is 6.27. The Morgan fingerprint density at radius 3 is 2.62 bits per heavy atom. The van der Waals surface area contributed by atoms with Gasteiger partial charge in [-0.15, -0.1) is 0 Å². The van der Waals surface area contributed by atoms with Gasteiger partial charge in [-0.3, -0.25) is 0 Å². The molecule has 1 aliphatic rings. The summed E-state index contributed by atoms with van der Waals surface area (Å²) < 4.78 is 12.0. The molecular formula is C18H29NO2. The van der Waals surface area contributed by atoms with Gasteiger partial charge in [0, 0.05) is 6.07 Å². The van der Waals surface area contributed by atoms with E-state index in [9.17, 15) is 0 Å². The first-order chi connectivity index (χ1) is 10.2. The quantitative estimate of drug-likeness (QED) is 0.827. The van der Waals surface area contributed by atoms with Crippen LogP contribution in [0.1, 0.15) is 51.5 Å². The zero-order valence-electron chi connectivity index (χ0n) is 13.4. The van der Waals surface area contributed by atoms with Crippen molar-refractivity contribution in [1.82, 2.24) is 0 Å². The number of nitrogens with two attached hydrogens (primary N) is 1. The zero-order valence-corrected chi connectivity index (χ0v) is 13.4. The van der Waals surface area contributed by atoms with E-state index in [1.165, 1.54) is 18.4 Å². The summed E-state index contributed by atoms with van der Waals surface area (Å²) in [5.74, 6) is 2.71. The fourth-order valence-corrected chi connectivity index (χ4v) is 2.84. The summed E-state index contributed by atoms with van der Waals surface area (Å²) in [4.78, 5) is 0. The van der Waals surface area contributed by atoms with Crippen LogP contribution >= 0.6 is 0 Å². The fourth-order valence-electron chi connectivity index (χ4n) is 2.84. The third-order valence-electron chi connectivity index (χ3n) is 4.18. The van der Waals surface area contributed by atoms with Gasteiger partial charge in [-0.05, 0) is 62.6 Å². The van der Waals surface area contributed by atoms with Gasteiger partial charge in [0.05, 0.1) is 12.7 Å². The van der Waals surface area contributed by atoms with Crippen LogP contribution < -0.4 is 15.2 Å². The number of benzene rings is 1. The van der Waals surface area contributed by atoms with Crippen LogP contribution in [0.25, 0.3) is 0 Å². The summed E-state index contributed by atoms with van der Waals surface area (Å²) in [5, 5.41) is 0. The van der Waals surface area contributed by atoms with Gasteiger partial charge in [-0.2, -0.15) is 0 Å². The molecule has 3 heteroatoms. The number of hydrogen-bond acceptors (Lipinski definition) is 3. The van der Waals surface area contributed by atoms with Crippen LogP contribution in [-0.4, -0.2) is 19.3 Å². The topological polar surface area (TPSA) is 44.5 Å². The first-order valence-electron chi connectivity index (χ1n) is 8.35. The molecule has 0 unspecified atom stereocenters. The van der Waals surface area contributed by atoms with Crippen LogP contribution in [0.3, 0.4) is 0 Å². The SMILES string of the molecule is CCCOc1ccc(CCN)c(OC2CCC(C)CC2)c1. The van der Waals surface area contributed by atoms with Crippen molar-refractivity contribution < 1.29 is 9.47 Å². The van der Waals surface area contributed by atoms with Crippen LogP contribution in [0.4, 0.5) is 0 Å². The Bertz CT molecular complexity index is 425. The molecule has 3 nitrogen and oxygen atoms in total. The predicted molar refractivity (Wildman–Crippen MR) is 87.0 cm³/mol. The molecule has 1 saturated carbocycles. The summed E-state index contributed by atoms with van der Waals surface area (Å²) >= 11 is 0. The predicted octanol–water partition coefficient (Wildman–Crippen LogP) is 3.93. The van der Waals surface area contributed by atoms with Crippen molar-refractivity contribution in [1.29, 1.82) is 0 Å². The molecule has 118 valence electrons. The summed E-state index contributed by atoms with van der Waals surface area (Å²) in [6.07, 6.45) is 7.06. The lowest BCUT2D eigenvalue weighted by Crippen LogP contribution is -2.23. The van der Waals surface area contributed by atoms with Gasteiger partial charge in [-0.1, -0.05) is 19.9 Å². The molecular weight excluding hydrogens is 262 g/mol. The van der Waals surface area contributed by atoms with Crippen molar-refractivity contribution in [2.75, 3.05) is 13.2 Å². The van der Waals surface area contributed by atoms with Gasteiger partial charge in [0.25, 0.3) is 0 Å².